The molecule has 15 rings (SSSR count). The number of nitrogens with two attached hydrogens (primary N) is 4. The van der Waals surface area contributed by atoms with Crippen LogP contribution >= 0.6 is 0 Å². The molecule has 5 aromatic carbocycles. The van der Waals surface area contributed by atoms with Crippen molar-refractivity contribution >= 4 is 87.1 Å². The fraction of sp³-hybridized carbons (Fsp3) is 0.276. The van der Waals surface area contributed by atoms with E-state index in [-0.39, 0.29) is 110 Å². The maximum absolute atomic E-state index is 13.0. The summed E-state index contributed by atoms with van der Waals surface area (Å²) < 4.78 is 138. The van der Waals surface area contributed by atoms with Crippen LogP contribution in [0.15, 0.2) is 231 Å². The number of carbonyl (C=O) groups excluding carboxylic acids is 4. The van der Waals surface area contributed by atoms with Crippen LogP contribution in [0.3, 0.4) is 0 Å². The number of sulfonamides is 4. The molecule has 0 fully saturated rings. The number of ether oxygens (including phenoxy) is 4. The summed E-state index contributed by atoms with van der Waals surface area (Å²) in [4.78, 5) is 68.3. The maximum Gasteiger partial charge on any atom is 0.259 e. The Morgan fingerprint density at radius 1 is 0.370 bits per heavy atom. The number of aromatic nitrogens is 8. The van der Waals surface area contributed by atoms with E-state index in [4.69, 9.17) is 41.9 Å². The second kappa shape index (κ2) is 38.2. The van der Waals surface area contributed by atoms with Gasteiger partial charge in [0.25, 0.3) is 63.7 Å². The average Bonchev–Trinajstić information content (AvgIpc) is 1.66. The Bertz CT molecular complexity index is 6370. The molecule has 666 valence electrons. The lowest BCUT2D eigenvalue weighted by Crippen LogP contribution is -2.48. The van der Waals surface area contributed by atoms with E-state index < -0.39 is 62.2 Å². The van der Waals surface area contributed by atoms with Crippen molar-refractivity contribution in [3.8, 4) is 40.5 Å². The molecule has 0 saturated carbocycles. The number of imidazole rings is 1. The number of pyridine rings is 3. The van der Waals surface area contributed by atoms with Gasteiger partial charge in [-0.25, -0.2) is 58.3 Å². The number of carbonyl (C=O) groups is 4. The lowest BCUT2D eigenvalue weighted by atomic mass is 10.0. The molecule has 36 nitrogen and oxygen atoms in total. The van der Waals surface area contributed by atoms with Gasteiger partial charge in [0, 0.05) is 83.9 Å². The van der Waals surface area contributed by atoms with Crippen LogP contribution in [-0.2, 0) is 63.1 Å². The third-order valence-electron chi connectivity index (χ3n) is 19.0. The van der Waals surface area contributed by atoms with Gasteiger partial charge in [-0.15, -0.1) is 17.6 Å². The van der Waals surface area contributed by atoms with E-state index in [1.54, 1.807) is 181 Å². The topological polar surface area (TPSA) is 523 Å². The molecule has 0 aliphatic carbocycles. The first-order valence-electron chi connectivity index (χ1n) is 39.1. The number of benzene rings is 5. The number of hydrogen-bond acceptors (Lipinski definition) is 25. The minimum Gasteiger partial charge on any atom is -0.490 e. The normalized spacial score (nSPS) is 14.9. The number of fused-ring (bicyclic) bond motifs is 4. The predicted octanol–water partition coefficient (Wildman–Crippen LogP) is 8.40. The zero-order chi connectivity index (χ0) is 90.9. The molecule has 0 spiro atoms. The Balaban J connectivity index is 0.000000164. The molecule has 0 bridgehead atoms. The summed E-state index contributed by atoms with van der Waals surface area (Å²) >= 11 is 0. The Morgan fingerprint density at radius 3 is 1.03 bits per heavy atom. The quantitative estimate of drug-likeness (QED) is 0.0281. The molecule has 6 aromatic heterocycles. The molecular formula is C87H98N20O16S4. The Hall–Kier alpha value is -14.0. The highest BCUT2D eigenvalue weighted by Crippen LogP contribution is 2.34. The zero-order valence-corrected chi connectivity index (χ0v) is 73.5. The molecule has 127 heavy (non-hydrogen) atoms. The van der Waals surface area contributed by atoms with Gasteiger partial charge < -0.3 is 67.7 Å². The summed E-state index contributed by atoms with van der Waals surface area (Å²) in [6, 6.07) is 44.7. The van der Waals surface area contributed by atoms with E-state index >= 15 is 0 Å². The molecule has 0 saturated heterocycles. The monoisotopic (exact) mass is 1810 g/mol. The van der Waals surface area contributed by atoms with Crippen LogP contribution < -0.4 is 63.1 Å². The summed E-state index contributed by atoms with van der Waals surface area (Å²) in [5.41, 5.74) is 26.5. The molecule has 12 N–H and O–H groups in total. The first-order chi connectivity index (χ1) is 59.4. The fourth-order valence-electron chi connectivity index (χ4n) is 13.3. The Kier molecular flexibility index (Phi) is 28.2. The first-order valence-corrected chi connectivity index (χ1v) is 45.6. The van der Waals surface area contributed by atoms with Gasteiger partial charge in [-0.1, -0.05) is 88.0 Å². The van der Waals surface area contributed by atoms with Gasteiger partial charge in [-0.05, 0) is 169 Å². The summed E-state index contributed by atoms with van der Waals surface area (Å²) in [6.45, 7) is 19.2. The number of rotatable bonds is 24. The van der Waals surface area contributed by atoms with Crippen molar-refractivity contribution in [2.24, 2.45) is 40.5 Å². The van der Waals surface area contributed by atoms with E-state index in [0.29, 0.717) is 107 Å². The van der Waals surface area contributed by atoms with Crippen LogP contribution in [0.1, 0.15) is 174 Å². The van der Waals surface area contributed by atoms with Gasteiger partial charge in [-0.2, -0.15) is 5.10 Å². The zero-order valence-electron chi connectivity index (χ0n) is 70.3. The van der Waals surface area contributed by atoms with Crippen molar-refractivity contribution in [2.45, 2.75) is 128 Å². The molecule has 0 radical (unpaired) electrons. The van der Waals surface area contributed by atoms with Crippen LogP contribution in [0.4, 0.5) is 0 Å². The standard InChI is InChI=1S/C24H28N6O4S.C22H23N5O4S.C21H22N6O4S.C19H21N3O4S.CH4/c1-15(2)22-27-10-11-30(22)19-12-16(8-9-26-19)23(31)28-24(3,4)14-34-18-7-5-6-17-13-35(32,33)29-21(25)20(17)18;1-22(2,25-21(28)15-8-9-24-18(12-15)27-10-3-4-11-27)14-31-17-7-5-6-16-13-32(29,30)26-20(23)19(16)17;1-21(2,25-20(28)14-7-9-23-17(11-14)27-10-4-8-24-27)13-31-16-6-3-5-15-12-32(29,30)26-19(22)18(15)16;1-19(2,21-18(23)13-7-4-3-5-8-13)12-26-15-10-6-9-14-11-27(24,25)22-17(20)16(14)15;/h5-12,15H,13-14H2,1-4H3,(H2,25,29)(H,28,31);3-12H,13-14H2,1-2H3,(H2,23,26)(H,25,28);3-11H,12-13H2,1-2H3,(H2,22,26)(H,25,28);3-10H,11-12H2,1-2H3,(H2,20,22)(H,21,23);1H4. The number of nitrogens with zero attached hydrogens (tertiary/aromatic N) is 12. The SMILES string of the molecule is C.CC(C)(COc1cccc2c1C(N)=NS(=O)(=O)C2)NC(=O)c1ccccc1.CC(C)(COc1cccc2c1C(N)=NS(=O)(=O)C2)NC(=O)c1ccnc(-n2cccc2)c1.CC(C)(COc1cccc2c1C(N)=NS(=O)(=O)C2)NC(=O)c1ccnc(-n2cccn2)c1.CC(C)c1nccn1-c1cc(C(=O)NC(C)(C)COc2cccc3c2C(N)=NS(=O)(=O)C3)ccn1. The van der Waals surface area contributed by atoms with Gasteiger partial charge in [0.05, 0.1) is 67.4 Å². The highest BCUT2D eigenvalue weighted by molar-refractivity contribution is 7.90. The average molecular weight is 1810 g/mol. The van der Waals surface area contributed by atoms with E-state index in [2.05, 4.69) is 63.9 Å². The van der Waals surface area contributed by atoms with Crippen LogP contribution in [0.5, 0.6) is 23.0 Å². The van der Waals surface area contributed by atoms with Crippen LogP contribution in [0, 0.1) is 0 Å². The molecule has 4 aliphatic rings. The van der Waals surface area contributed by atoms with Crippen molar-refractivity contribution in [2.75, 3.05) is 26.4 Å². The number of nitrogens with one attached hydrogen (secondary N) is 4. The molecule has 0 atom stereocenters. The minimum atomic E-state index is -3.64. The highest BCUT2D eigenvalue weighted by atomic mass is 32.2. The second-order valence-electron chi connectivity index (χ2n) is 32.4. The van der Waals surface area contributed by atoms with Crippen molar-refractivity contribution in [1.29, 1.82) is 0 Å². The van der Waals surface area contributed by atoms with E-state index in [0.717, 1.165) is 5.82 Å². The van der Waals surface area contributed by atoms with Crippen LogP contribution in [0.2, 0.25) is 0 Å². The molecule has 10 heterocycles. The lowest BCUT2D eigenvalue weighted by Gasteiger charge is -2.27. The summed E-state index contributed by atoms with van der Waals surface area (Å²) in [5.74, 6) is 2.13. The van der Waals surface area contributed by atoms with Crippen LogP contribution in [0.25, 0.3) is 17.5 Å². The largest absolute Gasteiger partial charge is 0.490 e. The first kappa shape index (κ1) is 93.7. The number of amidine groups is 4. The van der Waals surface area contributed by atoms with E-state index in [9.17, 15) is 52.8 Å². The molecule has 4 aliphatic heterocycles. The Labute approximate surface area is 735 Å². The third-order valence-corrected chi connectivity index (χ3v) is 23.6. The Morgan fingerprint density at radius 2 is 0.693 bits per heavy atom. The van der Waals surface area contributed by atoms with Gasteiger partial charge in [-0.3, -0.25) is 23.7 Å². The van der Waals surface area contributed by atoms with Crippen molar-refractivity contribution in [3.05, 3.63) is 286 Å². The van der Waals surface area contributed by atoms with E-state index in [1.807, 2.05) is 115 Å². The van der Waals surface area contributed by atoms with Gasteiger partial charge in [0.2, 0.25) is 0 Å². The third kappa shape index (κ3) is 24.3. The highest BCUT2D eigenvalue weighted by Gasteiger charge is 2.34. The van der Waals surface area contributed by atoms with Crippen molar-refractivity contribution < 1.29 is 71.8 Å². The van der Waals surface area contributed by atoms with Gasteiger partial charge in [0.1, 0.15) is 90.2 Å². The molecule has 11 aromatic rings. The maximum atomic E-state index is 13.0. The smallest absolute Gasteiger partial charge is 0.259 e. The molecule has 0 unspecified atom stereocenters. The molecule has 4 amide bonds. The predicted molar refractivity (Wildman–Crippen MR) is 481 cm³/mol. The minimum absolute atomic E-state index is 0. The summed E-state index contributed by atoms with van der Waals surface area (Å²) in [5, 5.41) is 15.9. The second-order valence-corrected chi connectivity index (χ2v) is 38.9. The number of amides is 4. The van der Waals surface area contributed by atoms with Crippen molar-refractivity contribution in [1.82, 2.24) is 60.1 Å². The number of hydrogen-bond donors (Lipinski definition) is 8. The lowest BCUT2D eigenvalue weighted by molar-refractivity contribution is 0.0872. The summed E-state index contributed by atoms with van der Waals surface area (Å²) in [6.07, 6.45) is 15.3. The summed E-state index contributed by atoms with van der Waals surface area (Å²) in [7, 11) is -14.5. The molecule has 40 heteroatoms. The van der Waals surface area contributed by atoms with E-state index in [1.165, 1.54) is 0 Å². The van der Waals surface area contributed by atoms with Crippen molar-refractivity contribution in [3.63, 3.8) is 0 Å². The van der Waals surface area contributed by atoms with Gasteiger partial charge in [0.15, 0.2) is 5.82 Å². The van der Waals surface area contributed by atoms with Crippen LogP contribution in [-0.4, -0.2) is 168 Å². The fourth-order valence-corrected chi connectivity index (χ4v) is 17.7. The molecular weight excluding hydrogens is 1710 g/mol. The van der Waals surface area contributed by atoms with Gasteiger partial charge >= 0.3 is 0 Å².